The first kappa shape index (κ1) is 30.4. The summed E-state index contributed by atoms with van der Waals surface area (Å²) in [5.74, 6) is 2.09. The molecule has 2 N–H and O–H groups in total. The first-order valence-electron chi connectivity index (χ1n) is 14.2. The van der Waals surface area contributed by atoms with Crippen LogP contribution >= 0.6 is 11.6 Å². The van der Waals surface area contributed by atoms with Crippen LogP contribution in [-0.2, 0) is 10.3 Å². The molecule has 0 saturated carbocycles. The summed E-state index contributed by atoms with van der Waals surface area (Å²) in [6.07, 6.45) is 3.66. The first-order chi connectivity index (χ1) is 20.0. The summed E-state index contributed by atoms with van der Waals surface area (Å²) < 4.78 is 17.4. The minimum absolute atomic E-state index is 0.142. The molecule has 3 atom stereocenters. The van der Waals surface area contributed by atoms with Gasteiger partial charge < -0.3 is 24.4 Å². The van der Waals surface area contributed by atoms with E-state index in [1.54, 1.807) is 24.3 Å². The van der Waals surface area contributed by atoms with E-state index in [-0.39, 0.29) is 12.2 Å². The lowest BCUT2D eigenvalue weighted by molar-refractivity contribution is -0.105. The number of phenols is 1. The van der Waals surface area contributed by atoms with Crippen molar-refractivity contribution in [3.8, 4) is 17.2 Å². The van der Waals surface area contributed by atoms with Crippen LogP contribution in [-0.4, -0.2) is 35.6 Å². The Balaban J connectivity index is 0.000000483. The van der Waals surface area contributed by atoms with Gasteiger partial charge in [-0.05, 0) is 72.4 Å². The van der Waals surface area contributed by atoms with Crippen LogP contribution in [0.2, 0.25) is 0 Å². The number of alkyl halides is 1. The maximum Gasteiger partial charge on any atom is 0.199 e. The van der Waals surface area contributed by atoms with E-state index >= 15 is 0 Å². The summed E-state index contributed by atoms with van der Waals surface area (Å²) in [4.78, 5) is 0. The number of hydrogen-bond donors (Lipinski definition) is 2. The number of aliphatic hydroxyl groups is 1. The maximum absolute atomic E-state index is 12.4. The predicted octanol–water partition coefficient (Wildman–Crippen LogP) is 8.03. The van der Waals surface area contributed by atoms with E-state index in [9.17, 15) is 5.11 Å². The highest BCUT2D eigenvalue weighted by molar-refractivity contribution is 6.18. The molecule has 5 nitrogen and oxygen atoms in total. The van der Waals surface area contributed by atoms with Gasteiger partial charge in [0.25, 0.3) is 0 Å². The summed E-state index contributed by atoms with van der Waals surface area (Å²) in [5, 5.41) is 21.1. The predicted molar refractivity (Wildman–Crippen MR) is 164 cm³/mol. The van der Waals surface area contributed by atoms with E-state index in [1.807, 2.05) is 72.8 Å². The largest absolute Gasteiger partial charge is 0.508 e. The standard InChI is InChI=1S/C29H33ClO4.C6H6O/c1-2-27(22-8-4-3-5-9-22)29(31,23-11-15-25(16-12-23)32-21-19-30)24-13-17-26(18-14-24)34-28-10-6-7-20-33-28;7-6-4-2-1-3-5-6/h3-5,8-9,11-18,27-28,31H,2,6-7,10,19-21H2,1H3;1-5,7H. The SMILES string of the molecule is CCC(c1ccccc1)C(O)(c1ccc(OCCCl)cc1)c1ccc(OC2CCCCO2)cc1.Oc1ccccc1. The molecule has 0 amide bonds. The van der Waals surface area contributed by atoms with Gasteiger partial charge in [-0.2, -0.15) is 0 Å². The molecule has 0 bridgehead atoms. The number of hydrogen-bond acceptors (Lipinski definition) is 5. The Morgan fingerprint density at radius 2 is 1.41 bits per heavy atom. The van der Waals surface area contributed by atoms with Crippen molar-refractivity contribution in [2.45, 2.75) is 50.4 Å². The van der Waals surface area contributed by atoms with Crippen LogP contribution < -0.4 is 9.47 Å². The summed E-state index contributed by atoms with van der Waals surface area (Å²) >= 11 is 5.75. The molecular weight excluding hydrogens is 536 g/mol. The van der Waals surface area contributed by atoms with Crippen LogP contribution in [0.3, 0.4) is 0 Å². The Morgan fingerprint density at radius 3 is 1.90 bits per heavy atom. The fraction of sp³-hybridized carbons (Fsp3) is 0.314. The maximum atomic E-state index is 12.4. The fourth-order valence-electron chi connectivity index (χ4n) is 5.16. The highest BCUT2D eigenvalue weighted by atomic mass is 35.5. The van der Waals surface area contributed by atoms with E-state index in [1.165, 1.54) is 0 Å². The van der Waals surface area contributed by atoms with Crippen molar-refractivity contribution in [2.24, 2.45) is 0 Å². The molecule has 3 unspecified atom stereocenters. The Bertz CT molecular complexity index is 1280. The van der Waals surface area contributed by atoms with Crippen LogP contribution in [0.15, 0.2) is 109 Å². The van der Waals surface area contributed by atoms with Crippen molar-refractivity contribution in [1.29, 1.82) is 0 Å². The van der Waals surface area contributed by atoms with E-state index in [0.29, 0.717) is 18.2 Å². The number of halogens is 1. The van der Waals surface area contributed by atoms with Gasteiger partial charge in [-0.15, -0.1) is 11.6 Å². The summed E-state index contributed by atoms with van der Waals surface area (Å²) in [7, 11) is 0. The van der Waals surface area contributed by atoms with Gasteiger partial charge in [-0.25, -0.2) is 0 Å². The molecule has 41 heavy (non-hydrogen) atoms. The molecule has 216 valence electrons. The molecular formula is C35H39ClO5. The number of benzene rings is 4. The summed E-state index contributed by atoms with van der Waals surface area (Å²) in [6, 6.07) is 34.3. The molecule has 1 aliphatic heterocycles. The average Bonchev–Trinajstić information content (AvgIpc) is 3.02. The Kier molecular flexibility index (Phi) is 11.5. The van der Waals surface area contributed by atoms with Crippen molar-refractivity contribution in [3.05, 3.63) is 126 Å². The third kappa shape index (κ3) is 8.26. The number of phenolic OH excluding ortho intramolecular Hbond substituents is 1. The molecule has 6 heteroatoms. The summed E-state index contributed by atoms with van der Waals surface area (Å²) in [5.41, 5.74) is 1.48. The lowest BCUT2D eigenvalue weighted by Gasteiger charge is -2.37. The van der Waals surface area contributed by atoms with Crippen molar-refractivity contribution in [2.75, 3.05) is 19.1 Å². The highest BCUT2D eigenvalue weighted by Gasteiger charge is 2.40. The zero-order chi connectivity index (χ0) is 28.9. The molecule has 0 radical (unpaired) electrons. The third-order valence-corrected chi connectivity index (χ3v) is 7.37. The highest BCUT2D eigenvalue weighted by Crippen LogP contribution is 2.45. The van der Waals surface area contributed by atoms with Crippen LogP contribution in [0.5, 0.6) is 17.2 Å². The fourth-order valence-corrected chi connectivity index (χ4v) is 5.24. The lowest BCUT2D eigenvalue weighted by Crippen LogP contribution is -2.35. The molecule has 0 aromatic heterocycles. The molecule has 5 rings (SSSR count). The Hall–Kier alpha value is -3.51. The molecule has 0 spiro atoms. The minimum atomic E-state index is -1.24. The van der Waals surface area contributed by atoms with Crippen molar-refractivity contribution >= 4 is 11.6 Å². The quantitative estimate of drug-likeness (QED) is 0.188. The van der Waals surface area contributed by atoms with Gasteiger partial charge in [0.1, 0.15) is 29.5 Å². The molecule has 1 heterocycles. The van der Waals surface area contributed by atoms with E-state index < -0.39 is 5.60 Å². The van der Waals surface area contributed by atoms with Gasteiger partial charge >= 0.3 is 0 Å². The monoisotopic (exact) mass is 574 g/mol. The second-order valence-electron chi connectivity index (χ2n) is 9.97. The Labute approximate surface area is 248 Å². The number of aromatic hydroxyl groups is 1. The van der Waals surface area contributed by atoms with Crippen molar-refractivity contribution in [1.82, 2.24) is 0 Å². The normalized spacial score (nSPS) is 16.9. The number of ether oxygens (including phenoxy) is 3. The van der Waals surface area contributed by atoms with Crippen molar-refractivity contribution in [3.63, 3.8) is 0 Å². The van der Waals surface area contributed by atoms with Gasteiger partial charge in [0.05, 0.1) is 12.5 Å². The van der Waals surface area contributed by atoms with Crippen LogP contribution in [0, 0.1) is 0 Å². The van der Waals surface area contributed by atoms with Crippen LogP contribution in [0.4, 0.5) is 0 Å². The number of rotatable bonds is 10. The van der Waals surface area contributed by atoms with Gasteiger partial charge in [-0.3, -0.25) is 0 Å². The zero-order valence-electron chi connectivity index (χ0n) is 23.5. The van der Waals surface area contributed by atoms with Crippen molar-refractivity contribution < 1.29 is 24.4 Å². The third-order valence-electron chi connectivity index (χ3n) is 7.21. The van der Waals surface area contributed by atoms with Gasteiger partial charge in [0.15, 0.2) is 6.29 Å². The van der Waals surface area contributed by atoms with E-state index in [4.69, 9.17) is 30.9 Å². The molecule has 4 aromatic rings. The van der Waals surface area contributed by atoms with Crippen LogP contribution in [0.1, 0.15) is 55.2 Å². The lowest BCUT2D eigenvalue weighted by atomic mass is 9.72. The minimum Gasteiger partial charge on any atom is -0.508 e. The Morgan fingerprint density at radius 1 is 0.829 bits per heavy atom. The topological polar surface area (TPSA) is 68.2 Å². The molecule has 4 aromatic carbocycles. The van der Waals surface area contributed by atoms with Gasteiger partial charge in [0.2, 0.25) is 0 Å². The van der Waals surface area contributed by atoms with Gasteiger partial charge in [-0.1, -0.05) is 79.7 Å². The molecule has 0 aliphatic carbocycles. The number of para-hydroxylation sites is 1. The van der Waals surface area contributed by atoms with E-state index in [2.05, 4.69) is 19.1 Å². The first-order valence-corrected chi connectivity index (χ1v) is 14.8. The van der Waals surface area contributed by atoms with Crippen LogP contribution in [0.25, 0.3) is 0 Å². The molecule has 1 fully saturated rings. The zero-order valence-corrected chi connectivity index (χ0v) is 24.2. The smallest absolute Gasteiger partial charge is 0.199 e. The average molecular weight is 575 g/mol. The summed E-state index contributed by atoms with van der Waals surface area (Å²) in [6.45, 7) is 3.29. The molecule has 1 aliphatic rings. The van der Waals surface area contributed by atoms with E-state index in [0.717, 1.165) is 60.5 Å². The second kappa shape index (κ2) is 15.5. The molecule has 1 saturated heterocycles. The second-order valence-corrected chi connectivity index (χ2v) is 10.4. The van der Waals surface area contributed by atoms with Gasteiger partial charge in [0, 0.05) is 12.3 Å².